The molecule has 0 saturated carbocycles. The molecule has 1 heterocycles. The van der Waals surface area contributed by atoms with E-state index in [1.807, 2.05) is 38.1 Å². The standard InChI is InChI=1S/C26H21Br3N4O4/c1-3-15(2)25-31-22-8-7-18(27)11-20(22)26(34)32(25)30-13-16-4-9-24(23(10-16)33(35)36)37-14-17-5-6-19(28)12-21(17)29/h4-13,15H,3,14H2,1-2H3/t15-/m0/s1. The highest BCUT2D eigenvalue weighted by atomic mass is 79.9. The van der Waals surface area contributed by atoms with Gasteiger partial charge in [-0.05, 0) is 48.9 Å². The fourth-order valence-corrected chi connectivity index (χ4v) is 5.10. The fourth-order valence-electron chi connectivity index (χ4n) is 3.58. The number of ether oxygens (including phenoxy) is 1. The minimum Gasteiger partial charge on any atom is -0.482 e. The number of rotatable bonds is 8. The lowest BCUT2D eigenvalue weighted by Gasteiger charge is -2.14. The lowest BCUT2D eigenvalue weighted by Crippen LogP contribution is -2.23. The number of nitro groups is 1. The first-order valence-electron chi connectivity index (χ1n) is 11.3. The lowest BCUT2D eigenvalue weighted by molar-refractivity contribution is -0.385. The maximum Gasteiger partial charge on any atom is 0.311 e. The van der Waals surface area contributed by atoms with Crippen LogP contribution in [0.4, 0.5) is 5.69 Å². The Bertz CT molecular complexity index is 1590. The van der Waals surface area contributed by atoms with Gasteiger partial charge in [-0.1, -0.05) is 67.7 Å². The first-order chi connectivity index (χ1) is 17.7. The van der Waals surface area contributed by atoms with Gasteiger partial charge in [0.25, 0.3) is 5.56 Å². The molecule has 0 spiro atoms. The summed E-state index contributed by atoms with van der Waals surface area (Å²) in [7, 11) is 0. The van der Waals surface area contributed by atoms with E-state index in [2.05, 4.69) is 57.9 Å². The Morgan fingerprint density at radius 3 is 2.54 bits per heavy atom. The van der Waals surface area contributed by atoms with Gasteiger partial charge in [0.1, 0.15) is 12.4 Å². The molecule has 0 bridgehead atoms. The molecule has 3 aromatic carbocycles. The highest BCUT2D eigenvalue weighted by molar-refractivity contribution is 9.11. The van der Waals surface area contributed by atoms with E-state index in [9.17, 15) is 14.9 Å². The van der Waals surface area contributed by atoms with Gasteiger partial charge in [-0.2, -0.15) is 9.78 Å². The number of hydrogen-bond acceptors (Lipinski definition) is 6. The van der Waals surface area contributed by atoms with E-state index in [1.54, 1.807) is 18.2 Å². The molecule has 0 N–H and O–H groups in total. The Hall–Kier alpha value is -2.89. The lowest BCUT2D eigenvalue weighted by atomic mass is 10.1. The van der Waals surface area contributed by atoms with E-state index in [1.165, 1.54) is 23.0 Å². The summed E-state index contributed by atoms with van der Waals surface area (Å²) in [6, 6.07) is 15.5. The van der Waals surface area contributed by atoms with Gasteiger partial charge in [0.15, 0.2) is 5.75 Å². The van der Waals surface area contributed by atoms with Crippen LogP contribution in [0.2, 0.25) is 0 Å². The van der Waals surface area contributed by atoms with Gasteiger partial charge in [-0.15, -0.1) is 0 Å². The molecule has 11 heteroatoms. The normalized spacial score (nSPS) is 12.2. The van der Waals surface area contributed by atoms with Crippen LogP contribution in [-0.4, -0.2) is 20.8 Å². The molecule has 0 saturated heterocycles. The molecule has 1 aromatic heterocycles. The number of fused-ring (bicyclic) bond motifs is 1. The van der Waals surface area contributed by atoms with Crippen molar-refractivity contribution in [1.82, 2.24) is 9.66 Å². The molecule has 0 aliphatic rings. The number of nitro benzene ring substituents is 1. The molecule has 0 fully saturated rings. The molecule has 0 unspecified atom stereocenters. The molecular formula is C26H21Br3N4O4. The zero-order valence-electron chi connectivity index (χ0n) is 19.8. The summed E-state index contributed by atoms with van der Waals surface area (Å²) in [4.78, 5) is 29.3. The predicted octanol–water partition coefficient (Wildman–Crippen LogP) is 7.57. The maximum absolute atomic E-state index is 13.3. The average molecular weight is 693 g/mol. The zero-order valence-corrected chi connectivity index (χ0v) is 24.6. The van der Waals surface area contributed by atoms with Crippen molar-refractivity contribution in [2.75, 3.05) is 0 Å². The smallest absolute Gasteiger partial charge is 0.311 e. The van der Waals surface area contributed by atoms with Gasteiger partial charge in [-0.3, -0.25) is 14.9 Å². The van der Waals surface area contributed by atoms with E-state index >= 15 is 0 Å². The van der Waals surface area contributed by atoms with Crippen LogP contribution in [-0.2, 0) is 6.61 Å². The molecule has 190 valence electrons. The van der Waals surface area contributed by atoms with Gasteiger partial charge >= 0.3 is 5.69 Å². The third kappa shape index (κ3) is 6.16. The summed E-state index contributed by atoms with van der Waals surface area (Å²) in [5.74, 6) is 0.626. The number of hydrogen-bond donors (Lipinski definition) is 0. The Labute approximate surface area is 237 Å². The van der Waals surface area contributed by atoms with Crippen LogP contribution in [0.5, 0.6) is 5.75 Å². The summed E-state index contributed by atoms with van der Waals surface area (Å²) in [6.45, 7) is 4.12. The van der Waals surface area contributed by atoms with E-state index in [-0.39, 0.29) is 29.5 Å². The first kappa shape index (κ1) is 27.2. The molecule has 4 rings (SSSR count). The minimum absolute atomic E-state index is 0.0269. The molecule has 37 heavy (non-hydrogen) atoms. The Kier molecular flexibility index (Phi) is 8.56. The summed E-state index contributed by atoms with van der Waals surface area (Å²) in [5, 5.41) is 16.6. The van der Waals surface area contributed by atoms with Crippen LogP contribution in [0.15, 0.2) is 77.9 Å². The number of nitrogens with zero attached hydrogens (tertiary/aromatic N) is 4. The molecule has 0 radical (unpaired) electrons. The monoisotopic (exact) mass is 690 g/mol. The molecule has 0 aliphatic carbocycles. The largest absolute Gasteiger partial charge is 0.482 e. The van der Waals surface area contributed by atoms with Crippen molar-refractivity contribution in [2.45, 2.75) is 32.8 Å². The van der Waals surface area contributed by atoms with E-state index in [0.717, 1.165) is 25.4 Å². The van der Waals surface area contributed by atoms with Crippen molar-refractivity contribution in [3.63, 3.8) is 0 Å². The molecule has 8 nitrogen and oxygen atoms in total. The summed E-state index contributed by atoms with van der Waals surface area (Å²) < 4.78 is 9.52. The summed E-state index contributed by atoms with van der Waals surface area (Å²) in [5.41, 5.74) is 1.36. The van der Waals surface area contributed by atoms with Crippen molar-refractivity contribution < 1.29 is 9.66 Å². The maximum atomic E-state index is 13.3. The highest BCUT2D eigenvalue weighted by Crippen LogP contribution is 2.30. The summed E-state index contributed by atoms with van der Waals surface area (Å²) >= 11 is 10.3. The van der Waals surface area contributed by atoms with Crippen LogP contribution >= 0.6 is 47.8 Å². The quantitative estimate of drug-likeness (QED) is 0.108. The minimum atomic E-state index is -0.505. The van der Waals surface area contributed by atoms with Crippen LogP contribution in [0.1, 0.15) is 43.1 Å². The Balaban J connectivity index is 1.69. The van der Waals surface area contributed by atoms with Gasteiger partial charge in [0.05, 0.1) is 22.0 Å². The summed E-state index contributed by atoms with van der Waals surface area (Å²) in [6.07, 6.45) is 2.18. The number of halogens is 3. The van der Waals surface area contributed by atoms with Crippen LogP contribution < -0.4 is 10.3 Å². The topological polar surface area (TPSA) is 99.6 Å². The van der Waals surface area contributed by atoms with Crippen molar-refractivity contribution in [3.05, 3.63) is 105 Å². The second kappa shape index (κ2) is 11.7. The van der Waals surface area contributed by atoms with E-state index < -0.39 is 4.92 Å². The van der Waals surface area contributed by atoms with Crippen LogP contribution in [0.25, 0.3) is 10.9 Å². The molecule has 4 aromatic rings. The van der Waals surface area contributed by atoms with Crippen LogP contribution in [0, 0.1) is 10.1 Å². The van der Waals surface area contributed by atoms with Crippen molar-refractivity contribution in [1.29, 1.82) is 0 Å². The Morgan fingerprint density at radius 1 is 1.11 bits per heavy atom. The molecule has 1 atom stereocenters. The second-order valence-corrected chi connectivity index (χ2v) is 11.0. The zero-order chi connectivity index (χ0) is 26.7. The highest BCUT2D eigenvalue weighted by Gasteiger charge is 2.18. The first-order valence-corrected chi connectivity index (χ1v) is 13.7. The second-order valence-electron chi connectivity index (χ2n) is 8.31. The van der Waals surface area contributed by atoms with E-state index in [4.69, 9.17) is 4.74 Å². The molecule has 0 amide bonds. The third-order valence-corrected chi connectivity index (χ3v) is 7.51. The average Bonchev–Trinajstić information content (AvgIpc) is 2.87. The van der Waals surface area contributed by atoms with Gasteiger partial charge in [0.2, 0.25) is 0 Å². The van der Waals surface area contributed by atoms with Gasteiger partial charge < -0.3 is 4.74 Å². The fraction of sp³-hybridized carbons (Fsp3) is 0.192. The van der Waals surface area contributed by atoms with Gasteiger partial charge in [-0.25, -0.2) is 4.98 Å². The van der Waals surface area contributed by atoms with Crippen molar-refractivity contribution >= 4 is 70.6 Å². The SMILES string of the molecule is CC[C@H](C)c1nc2ccc(Br)cc2c(=O)n1N=Cc1ccc(OCc2ccc(Br)cc2Br)c([N+](=O)[O-])c1. The third-order valence-electron chi connectivity index (χ3n) is 5.79. The van der Waals surface area contributed by atoms with E-state index in [0.29, 0.717) is 22.3 Å². The van der Waals surface area contributed by atoms with Gasteiger partial charge in [0, 0.05) is 36.5 Å². The van der Waals surface area contributed by atoms with Crippen molar-refractivity contribution in [3.8, 4) is 5.75 Å². The number of aromatic nitrogens is 2. The number of benzene rings is 3. The Morgan fingerprint density at radius 2 is 1.84 bits per heavy atom. The van der Waals surface area contributed by atoms with Crippen LogP contribution in [0.3, 0.4) is 0 Å². The molecular weight excluding hydrogens is 672 g/mol. The predicted molar refractivity (Wildman–Crippen MR) is 155 cm³/mol. The molecule has 0 aliphatic heterocycles. The van der Waals surface area contributed by atoms with Crippen molar-refractivity contribution in [2.24, 2.45) is 5.10 Å².